The average molecular weight is 293 g/mol. The van der Waals surface area contributed by atoms with Gasteiger partial charge in [-0.15, -0.1) is 0 Å². The van der Waals surface area contributed by atoms with Crippen LogP contribution in [0.25, 0.3) is 0 Å². The number of hydrogen-bond acceptors (Lipinski definition) is 4. The number of carbonyl (C=O) groups is 3. The van der Waals surface area contributed by atoms with E-state index in [9.17, 15) is 14.4 Å². The first-order valence-electron chi connectivity index (χ1n) is 7.95. The fourth-order valence-electron chi connectivity index (χ4n) is 4.09. The summed E-state index contributed by atoms with van der Waals surface area (Å²) in [6, 6.07) is -0.312. The van der Waals surface area contributed by atoms with Crippen molar-refractivity contribution >= 4 is 17.8 Å². The SMILES string of the molecule is CC1CCCC(C)N1N1C(=O)NC(=O)C2(CCCC2)C1=O. The number of nitrogens with zero attached hydrogens (tertiary/aromatic N) is 2. The van der Waals surface area contributed by atoms with Gasteiger partial charge in [-0.2, -0.15) is 5.01 Å². The van der Waals surface area contributed by atoms with Crippen LogP contribution in [0.5, 0.6) is 0 Å². The topological polar surface area (TPSA) is 69.7 Å². The van der Waals surface area contributed by atoms with Crippen LogP contribution in [0.4, 0.5) is 4.79 Å². The number of nitrogens with one attached hydrogen (secondary N) is 1. The van der Waals surface area contributed by atoms with Crippen LogP contribution in [-0.2, 0) is 9.59 Å². The minimum atomic E-state index is -1.01. The molecule has 21 heavy (non-hydrogen) atoms. The smallest absolute Gasteiger partial charge is 0.275 e. The van der Waals surface area contributed by atoms with E-state index in [1.165, 1.54) is 5.01 Å². The van der Waals surface area contributed by atoms with Gasteiger partial charge in [0.2, 0.25) is 5.91 Å². The first-order valence-corrected chi connectivity index (χ1v) is 7.95. The van der Waals surface area contributed by atoms with Crippen LogP contribution in [0.2, 0.25) is 0 Å². The van der Waals surface area contributed by atoms with Crippen LogP contribution in [-0.4, -0.2) is 39.9 Å². The predicted molar refractivity (Wildman–Crippen MR) is 75.9 cm³/mol. The van der Waals surface area contributed by atoms with Crippen molar-refractivity contribution < 1.29 is 14.4 Å². The van der Waals surface area contributed by atoms with Gasteiger partial charge in [0.05, 0.1) is 0 Å². The molecule has 3 fully saturated rings. The third kappa shape index (κ3) is 2.08. The second-order valence-corrected chi connectivity index (χ2v) is 6.67. The molecule has 6 heteroatoms. The van der Waals surface area contributed by atoms with Crippen molar-refractivity contribution in [3.63, 3.8) is 0 Å². The Morgan fingerprint density at radius 1 is 1.00 bits per heavy atom. The monoisotopic (exact) mass is 293 g/mol. The number of hydrogen-bond donors (Lipinski definition) is 1. The molecule has 0 radical (unpaired) electrons. The maximum atomic E-state index is 13.0. The van der Waals surface area contributed by atoms with Gasteiger partial charge in [-0.3, -0.25) is 14.9 Å². The maximum Gasteiger partial charge on any atom is 0.345 e. The van der Waals surface area contributed by atoms with E-state index in [2.05, 4.69) is 5.32 Å². The van der Waals surface area contributed by atoms with Gasteiger partial charge < -0.3 is 0 Å². The quantitative estimate of drug-likeness (QED) is 0.748. The highest BCUT2D eigenvalue weighted by atomic mass is 16.2. The van der Waals surface area contributed by atoms with Gasteiger partial charge in [0.15, 0.2) is 0 Å². The highest BCUT2D eigenvalue weighted by Crippen LogP contribution is 2.43. The molecule has 2 aliphatic heterocycles. The highest BCUT2D eigenvalue weighted by Gasteiger charge is 2.57. The minimum absolute atomic E-state index is 0.134. The third-order valence-electron chi connectivity index (χ3n) is 5.28. The lowest BCUT2D eigenvalue weighted by Gasteiger charge is -2.48. The lowest BCUT2D eigenvalue weighted by Crippen LogP contribution is -2.70. The number of rotatable bonds is 1. The van der Waals surface area contributed by atoms with Crippen LogP contribution in [0.1, 0.15) is 58.8 Å². The number of amides is 4. The summed E-state index contributed by atoms with van der Waals surface area (Å²) in [4.78, 5) is 37.5. The molecule has 6 nitrogen and oxygen atoms in total. The molecule has 2 heterocycles. The molecule has 3 rings (SSSR count). The van der Waals surface area contributed by atoms with Gasteiger partial charge in [-0.1, -0.05) is 19.3 Å². The van der Waals surface area contributed by atoms with E-state index in [1.54, 1.807) is 0 Å². The van der Waals surface area contributed by atoms with E-state index >= 15 is 0 Å². The average Bonchev–Trinajstić information content (AvgIpc) is 2.91. The van der Waals surface area contributed by atoms with E-state index in [0.29, 0.717) is 12.8 Å². The number of hydrazine groups is 1. The fraction of sp³-hybridized carbons (Fsp3) is 0.800. The van der Waals surface area contributed by atoms with Crippen molar-refractivity contribution in [2.75, 3.05) is 0 Å². The molecule has 1 saturated carbocycles. The molecule has 0 aromatic heterocycles. The van der Waals surface area contributed by atoms with Gasteiger partial charge in [0, 0.05) is 12.1 Å². The number of piperidine rings is 1. The zero-order chi connectivity index (χ0) is 15.2. The molecule has 2 unspecified atom stereocenters. The number of imide groups is 2. The molecule has 1 spiro atoms. The highest BCUT2D eigenvalue weighted by molar-refractivity contribution is 6.19. The second-order valence-electron chi connectivity index (χ2n) is 6.67. The first-order chi connectivity index (χ1) is 9.97. The molecule has 0 aromatic carbocycles. The Bertz CT molecular complexity index is 475. The molecular formula is C15H23N3O3. The van der Waals surface area contributed by atoms with Crippen molar-refractivity contribution in [3.8, 4) is 0 Å². The normalized spacial score (nSPS) is 33.6. The van der Waals surface area contributed by atoms with E-state index in [-0.39, 0.29) is 18.0 Å². The second kappa shape index (κ2) is 5.09. The summed E-state index contributed by atoms with van der Waals surface area (Å²) in [5.74, 6) is -0.710. The molecule has 116 valence electrons. The van der Waals surface area contributed by atoms with Crippen molar-refractivity contribution in [1.82, 2.24) is 15.3 Å². The zero-order valence-corrected chi connectivity index (χ0v) is 12.7. The molecule has 4 amide bonds. The summed E-state index contributed by atoms with van der Waals surface area (Å²) in [5.41, 5.74) is -1.01. The summed E-state index contributed by atoms with van der Waals surface area (Å²) in [5, 5.41) is 5.54. The Kier molecular flexibility index (Phi) is 3.51. The molecule has 0 aromatic rings. The van der Waals surface area contributed by atoms with Crippen molar-refractivity contribution in [2.45, 2.75) is 70.9 Å². The van der Waals surface area contributed by atoms with Gasteiger partial charge in [-0.05, 0) is 39.5 Å². The van der Waals surface area contributed by atoms with Crippen LogP contribution >= 0.6 is 0 Å². The van der Waals surface area contributed by atoms with E-state index in [4.69, 9.17) is 0 Å². The Labute approximate surface area is 124 Å². The van der Waals surface area contributed by atoms with Gasteiger partial charge in [0.25, 0.3) is 5.91 Å². The number of barbiturate groups is 1. The van der Waals surface area contributed by atoms with E-state index < -0.39 is 17.4 Å². The summed E-state index contributed by atoms with van der Waals surface area (Å²) in [6.07, 6.45) is 5.87. The molecular weight excluding hydrogens is 270 g/mol. The van der Waals surface area contributed by atoms with Crippen molar-refractivity contribution in [3.05, 3.63) is 0 Å². The van der Waals surface area contributed by atoms with E-state index in [0.717, 1.165) is 32.1 Å². The van der Waals surface area contributed by atoms with Crippen LogP contribution < -0.4 is 5.32 Å². The van der Waals surface area contributed by atoms with E-state index in [1.807, 2.05) is 18.9 Å². The summed E-state index contributed by atoms with van der Waals surface area (Å²) in [7, 11) is 0. The summed E-state index contributed by atoms with van der Waals surface area (Å²) < 4.78 is 0. The zero-order valence-electron chi connectivity index (χ0n) is 12.7. The molecule has 2 atom stereocenters. The van der Waals surface area contributed by atoms with Gasteiger partial charge in [0.1, 0.15) is 5.41 Å². The Morgan fingerprint density at radius 3 is 2.14 bits per heavy atom. The first kappa shape index (κ1) is 14.5. The third-order valence-corrected chi connectivity index (χ3v) is 5.28. The summed E-state index contributed by atoms with van der Waals surface area (Å²) >= 11 is 0. The Morgan fingerprint density at radius 2 is 1.57 bits per heavy atom. The van der Waals surface area contributed by atoms with Crippen LogP contribution in [0, 0.1) is 5.41 Å². The van der Waals surface area contributed by atoms with Crippen LogP contribution in [0.15, 0.2) is 0 Å². The standard InChI is InChI=1S/C15H23N3O3/c1-10-6-5-7-11(2)17(10)18-13(20)15(8-3-4-9-15)12(19)16-14(18)21/h10-11H,3-9H2,1-2H3,(H,16,19,21). The van der Waals surface area contributed by atoms with Crippen molar-refractivity contribution in [1.29, 1.82) is 0 Å². The van der Waals surface area contributed by atoms with Crippen LogP contribution in [0.3, 0.4) is 0 Å². The minimum Gasteiger partial charge on any atom is -0.275 e. The molecule has 2 saturated heterocycles. The lowest BCUT2D eigenvalue weighted by molar-refractivity contribution is -0.171. The fourth-order valence-corrected chi connectivity index (χ4v) is 4.09. The van der Waals surface area contributed by atoms with Gasteiger partial charge >= 0.3 is 6.03 Å². The summed E-state index contributed by atoms with van der Waals surface area (Å²) in [6.45, 7) is 4.07. The molecule has 3 aliphatic rings. The number of urea groups is 1. The Balaban J connectivity index is 1.95. The van der Waals surface area contributed by atoms with Crippen molar-refractivity contribution in [2.24, 2.45) is 5.41 Å². The molecule has 1 N–H and O–H groups in total. The Hall–Kier alpha value is -1.43. The number of carbonyl (C=O) groups excluding carboxylic acids is 3. The molecule has 1 aliphatic carbocycles. The molecule has 0 bridgehead atoms. The predicted octanol–water partition coefficient (Wildman–Crippen LogP) is 1.80. The largest absolute Gasteiger partial charge is 0.345 e. The lowest BCUT2D eigenvalue weighted by atomic mass is 9.82. The van der Waals surface area contributed by atoms with Gasteiger partial charge in [-0.25, -0.2) is 9.80 Å². The maximum absolute atomic E-state index is 13.0.